The summed E-state index contributed by atoms with van der Waals surface area (Å²) in [7, 11) is 0. The van der Waals surface area contributed by atoms with Crippen molar-refractivity contribution in [2.45, 2.75) is 45.2 Å². The van der Waals surface area contributed by atoms with Gasteiger partial charge in [-0.2, -0.15) is 0 Å². The van der Waals surface area contributed by atoms with E-state index in [0.717, 1.165) is 0 Å². The van der Waals surface area contributed by atoms with Crippen LogP contribution in [0.4, 0.5) is 0 Å². The molecule has 2 aliphatic rings. The lowest BCUT2D eigenvalue weighted by Crippen LogP contribution is -2.33. The minimum atomic E-state index is 0.584. The monoisotopic (exact) mass is 152 g/mol. The molecule has 2 nitrogen and oxygen atoms in total. The van der Waals surface area contributed by atoms with Crippen LogP contribution in [0.15, 0.2) is 4.99 Å². The van der Waals surface area contributed by atoms with Crippen molar-refractivity contribution < 1.29 is 0 Å². The number of aliphatic imine (C=N–C) groups is 1. The Morgan fingerprint density at radius 2 is 2.27 bits per heavy atom. The number of rotatable bonds is 1. The van der Waals surface area contributed by atoms with Crippen molar-refractivity contribution in [3.05, 3.63) is 0 Å². The van der Waals surface area contributed by atoms with Gasteiger partial charge in [0.2, 0.25) is 0 Å². The van der Waals surface area contributed by atoms with Gasteiger partial charge in [-0.1, -0.05) is 13.8 Å². The van der Waals surface area contributed by atoms with Crippen molar-refractivity contribution in [2.75, 3.05) is 0 Å². The maximum atomic E-state index is 4.66. The summed E-state index contributed by atoms with van der Waals surface area (Å²) in [6.07, 6.45) is 3.98. The maximum absolute atomic E-state index is 4.66. The minimum Gasteiger partial charge on any atom is -0.369 e. The molecule has 1 saturated carbocycles. The van der Waals surface area contributed by atoms with Crippen molar-refractivity contribution in [2.24, 2.45) is 10.9 Å². The molecular formula is C9H16N2. The normalized spacial score (nSPS) is 35.4. The lowest BCUT2D eigenvalue weighted by molar-refractivity contribution is 0.596. The SMILES string of the molecule is CC(C)C1=NC2CCCC2N1. The molecule has 0 amide bonds. The second-order valence-corrected chi connectivity index (χ2v) is 3.92. The first-order valence-corrected chi connectivity index (χ1v) is 4.61. The van der Waals surface area contributed by atoms with Crippen LogP contribution >= 0.6 is 0 Å². The third-order valence-corrected chi connectivity index (χ3v) is 2.66. The van der Waals surface area contributed by atoms with E-state index in [0.29, 0.717) is 18.0 Å². The smallest absolute Gasteiger partial charge is 0.0996 e. The fourth-order valence-corrected chi connectivity index (χ4v) is 1.98. The summed E-state index contributed by atoms with van der Waals surface area (Å²) in [5, 5.41) is 3.50. The van der Waals surface area contributed by atoms with Crippen molar-refractivity contribution >= 4 is 5.84 Å². The van der Waals surface area contributed by atoms with Crippen LogP contribution in [0, 0.1) is 5.92 Å². The molecule has 1 aliphatic heterocycles. The highest BCUT2D eigenvalue weighted by atomic mass is 15.1. The van der Waals surface area contributed by atoms with Gasteiger partial charge < -0.3 is 5.32 Å². The first kappa shape index (κ1) is 7.14. The van der Waals surface area contributed by atoms with Crippen molar-refractivity contribution in [1.82, 2.24) is 5.32 Å². The Kier molecular flexibility index (Phi) is 1.63. The first-order chi connectivity index (χ1) is 5.27. The highest BCUT2D eigenvalue weighted by Gasteiger charge is 2.33. The topological polar surface area (TPSA) is 24.4 Å². The molecule has 62 valence electrons. The summed E-state index contributed by atoms with van der Waals surface area (Å²) < 4.78 is 0. The van der Waals surface area contributed by atoms with Crippen LogP contribution in [-0.4, -0.2) is 17.9 Å². The van der Waals surface area contributed by atoms with E-state index in [9.17, 15) is 0 Å². The molecule has 0 saturated heterocycles. The summed E-state index contributed by atoms with van der Waals surface area (Å²) in [5.41, 5.74) is 0. The molecule has 0 radical (unpaired) electrons. The maximum Gasteiger partial charge on any atom is 0.0996 e. The molecule has 2 unspecified atom stereocenters. The van der Waals surface area contributed by atoms with E-state index in [4.69, 9.17) is 0 Å². The van der Waals surface area contributed by atoms with Crippen LogP contribution in [0.1, 0.15) is 33.1 Å². The highest BCUT2D eigenvalue weighted by Crippen LogP contribution is 2.26. The average Bonchev–Trinajstić information content (AvgIpc) is 2.40. The summed E-state index contributed by atoms with van der Waals surface area (Å²) in [5.74, 6) is 1.82. The lowest BCUT2D eigenvalue weighted by atomic mass is 10.2. The van der Waals surface area contributed by atoms with E-state index in [1.165, 1.54) is 25.1 Å². The van der Waals surface area contributed by atoms with Crippen molar-refractivity contribution in [3.63, 3.8) is 0 Å². The number of hydrogen-bond donors (Lipinski definition) is 1. The molecule has 1 fully saturated rings. The van der Waals surface area contributed by atoms with E-state index in [1.54, 1.807) is 0 Å². The Morgan fingerprint density at radius 1 is 1.45 bits per heavy atom. The van der Waals surface area contributed by atoms with Gasteiger partial charge in [-0.05, 0) is 19.3 Å². The van der Waals surface area contributed by atoms with E-state index >= 15 is 0 Å². The van der Waals surface area contributed by atoms with Gasteiger partial charge in [-0.3, -0.25) is 4.99 Å². The van der Waals surface area contributed by atoms with Gasteiger partial charge in [0.05, 0.1) is 11.9 Å². The molecule has 1 aliphatic carbocycles. The molecule has 0 aromatic rings. The minimum absolute atomic E-state index is 0.584. The van der Waals surface area contributed by atoms with Gasteiger partial charge >= 0.3 is 0 Å². The predicted molar refractivity (Wildman–Crippen MR) is 46.8 cm³/mol. The summed E-state index contributed by atoms with van der Waals surface area (Å²) >= 11 is 0. The fourth-order valence-electron chi connectivity index (χ4n) is 1.98. The zero-order valence-corrected chi connectivity index (χ0v) is 7.30. The summed E-state index contributed by atoms with van der Waals surface area (Å²) in [4.78, 5) is 4.66. The van der Waals surface area contributed by atoms with Gasteiger partial charge in [0.15, 0.2) is 0 Å². The third kappa shape index (κ3) is 1.15. The fraction of sp³-hybridized carbons (Fsp3) is 0.889. The Hall–Kier alpha value is -0.530. The standard InChI is InChI=1S/C9H16N2/c1-6(2)9-10-7-4-3-5-8(7)11-9/h6-8H,3-5H2,1-2H3,(H,10,11). The number of amidine groups is 1. The largest absolute Gasteiger partial charge is 0.369 e. The Labute approximate surface area is 68.1 Å². The molecular weight excluding hydrogens is 136 g/mol. The zero-order chi connectivity index (χ0) is 7.84. The molecule has 11 heavy (non-hydrogen) atoms. The van der Waals surface area contributed by atoms with Crippen LogP contribution in [-0.2, 0) is 0 Å². The van der Waals surface area contributed by atoms with E-state index in [1.807, 2.05) is 0 Å². The van der Waals surface area contributed by atoms with Gasteiger partial charge in [0.1, 0.15) is 0 Å². The van der Waals surface area contributed by atoms with Crippen molar-refractivity contribution in [3.8, 4) is 0 Å². The Balaban J connectivity index is 2.07. The Bertz CT molecular complexity index is 184. The number of nitrogens with zero attached hydrogens (tertiary/aromatic N) is 1. The van der Waals surface area contributed by atoms with Crippen LogP contribution in [0.2, 0.25) is 0 Å². The lowest BCUT2D eigenvalue weighted by Gasteiger charge is -2.10. The van der Waals surface area contributed by atoms with E-state index in [-0.39, 0.29) is 0 Å². The second-order valence-electron chi connectivity index (χ2n) is 3.92. The zero-order valence-electron chi connectivity index (χ0n) is 7.30. The number of nitrogens with one attached hydrogen (secondary N) is 1. The molecule has 0 aromatic carbocycles. The molecule has 0 aromatic heterocycles. The molecule has 1 heterocycles. The molecule has 0 bridgehead atoms. The average molecular weight is 152 g/mol. The van der Waals surface area contributed by atoms with E-state index in [2.05, 4.69) is 24.2 Å². The van der Waals surface area contributed by atoms with Crippen LogP contribution < -0.4 is 5.32 Å². The quantitative estimate of drug-likeness (QED) is 0.606. The van der Waals surface area contributed by atoms with Crippen molar-refractivity contribution in [1.29, 1.82) is 0 Å². The molecule has 2 atom stereocenters. The molecule has 1 N–H and O–H groups in total. The van der Waals surface area contributed by atoms with Gasteiger partial charge in [0.25, 0.3) is 0 Å². The van der Waals surface area contributed by atoms with Gasteiger partial charge in [0, 0.05) is 12.0 Å². The second kappa shape index (κ2) is 2.50. The van der Waals surface area contributed by atoms with Gasteiger partial charge in [-0.15, -0.1) is 0 Å². The van der Waals surface area contributed by atoms with Crippen LogP contribution in [0.25, 0.3) is 0 Å². The molecule has 2 heteroatoms. The van der Waals surface area contributed by atoms with Crippen LogP contribution in [0.5, 0.6) is 0 Å². The molecule has 2 rings (SSSR count). The third-order valence-electron chi connectivity index (χ3n) is 2.66. The first-order valence-electron chi connectivity index (χ1n) is 4.61. The Morgan fingerprint density at radius 3 is 2.91 bits per heavy atom. The van der Waals surface area contributed by atoms with Crippen LogP contribution in [0.3, 0.4) is 0 Å². The molecule has 0 spiro atoms. The number of fused-ring (bicyclic) bond motifs is 1. The highest BCUT2D eigenvalue weighted by molar-refractivity contribution is 5.86. The predicted octanol–water partition coefficient (Wildman–Crippen LogP) is 1.57. The summed E-state index contributed by atoms with van der Waals surface area (Å²) in [6.45, 7) is 4.40. The van der Waals surface area contributed by atoms with E-state index < -0.39 is 0 Å². The van der Waals surface area contributed by atoms with Gasteiger partial charge in [-0.25, -0.2) is 0 Å². The summed E-state index contributed by atoms with van der Waals surface area (Å²) in [6, 6.07) is 1.31. The number of hydrogen-bond acceptors (Lipinski definition) is 2.